The Balaban J connectivity index is 0.00000256. The minimum Gasteiger partial charge on any atom is -0.349 e. The fourth-order valence-electron chi connectivity index (χ4n) is 4.42. The van der Waals surface area contributed by atoms with Crippen molar-refractivity contribution in [3.63, 3.8) is 0 Å². The fourth-order valence-corrected chi connectivity index (χ4v) is 4.42. The molecule has 2 unspecified atom stereocenters. The van der Waals surface area contributed by atoms with Crippen LogP contribution < -0.4 is 22.3 Å². The third-order valence-corrected chi connectivity index (χ3v) is 6.18. The minimum absolute atomic E-state index is 0. The average Bonchev–Trinajstić information content (AvgIpc) is 3.56. The van der Waals surface area contributed by atoms with Gasteiger partial charge in [0.25, 0.3) is 11.5 Å². The van der Waals surface area contributed by atoms with Crippen LogP contribution in [0.25, 0.3) is 11.0 Å². The number of nitrogens with two attached hydrogens (primary N) is 1. The molecule has 0 saturated heterocycles. The number of aryl methyl sites for hydroxylation is 1. The zero-order chi connectivity index (χ0) is 20.5. The van der Waals surface area contributed by atoms with Crippen molar-refractivity contribution in [2.45, 2.75) is 70.4 Å². The minimum atomic E-state index is -0.559. The largest absolute Gasteiger partial charge is 0.349 e. The number of hydrogen-bond acceptors (Lipinski definition) is 5. The number of pyridine rings is 1. The fraction of sp³-hybridized carbons (Fsp3) is 0.619. The van der Waals surface area contributed by atoms with E-state index in [1.807, 2.05) is 6.92 Å². The van der Waals surface area contributed by atoms with Crippen LogP contribution in [0.5, 0.6) is 0 Å². The van der Waals surface area contributed by atoms with Crippen LogP contribution in [0.1, 0.15) is 73.8 Å². The zero-order valence-electron chi connectivity index (χ0n) is 17.3. The standard InChI is InChI=1S/C21H29N5O3.ClH/c1-2-9-26-18-17(20(28)25-21(26)29)14(10-16(23-18)12-7-8-12)19(27)24-15-6-4-3-5-13(15)11-22;/h10,12-13,15H,2-9,11,22H2,1H3,(H,24,27)(H,25,28,29);1H. The lowest BCUT2D eigenvalue weighted by atomic mass is 9.84. The van der Waals surface area contributed by atoms with Gasteiger partial charge in [0.15, 0.2) is 5.65 Å². The van der Waals surface area contributed by atoms with Crippen molar-refractivity contribution in [2.24, 2.45) is 11.7 Å². The predicted octanol–water partition coefficient (Wildman–Crippen LogP) is 2.04. The Kier molecular flexibility index (Phi) is 6.98. The second-order valence-corrected chi connectivity index (χ2v) is 8.34. The molecule has 0 aromatic carbocycles. The maximum Gasteiger partial charge on any atom is 0.329 e. The SMILES string of the molecule is CCCn1c(=O)[nH]c(=O)c2c(C(=O)NC3CCCCC3CN)cc(C3CC3)nc21.Cl. The van der Waals surface area contributed by atoms with E-state index in [0.29, 0.717) is 30.2 Å². The summed E-state index contributed by atoms with van der Waals surface area (Å²) in [5.74, 6) is 0.263. The van der Waals surface area contributed by atoms with Crippen LogP contribution in [0.4, 0.5) is 0 Å². The number of amides is 1. The molecule has 2 aliphatic rings. The smallest absolute Gasteiger partial charge is 0.329 e. The first-order chi connectivity index (χ1) is 14.0. The summed E-state index contributed by atoms with van der Waals surface area (Å²) in [6.45, 7) is 2.93. The lowest BCUT2D eigenvalue weighted by Gasteiger charge is -2.31. The molecular weight excluding hydrogens is 406 g/mol. The Hall–Kier alpha value is -2.19. The van der Waals surface area contributed by atoms with Crippen molar-refractivity contribution in [3.8, 4) is 0 Å². The number of halogens is 1. The van der Waals surface area contributed by atoms with E-state index in [-0.39, 0.29) is 35.7 Å². The molecule has 8 nitrogen and oxygen atoms in total. The monoisotopic (exact) mass is 435 g/mol. The number of nitrogens with one attached hydrogen (secondary N) is 2. The van der Waals surface area contributed by atoms with Gasteiger partial charge in [0.2, 0.25) is 0 Å². The van der Waals surface area contributed by atoms with Gasteiger partial charge in [-0.1, -0.05) is 19.8 Å². The molecule has 2 heterocycles. The first-order valence-corrected chi connectivity index (χ1v) is 10.7. The normalized spacial score (nSPS) is 21.3. The number of carbonyl (C=O) groups excluding carboxylic acids is 1. The maximum atomic E-state index is 13.3. The van der Waals surface area contributed by atoms with Crippen molar-refractivity contribution in [1.82, 2.24) is 19.9 Å². The number of nitrogens with zero attached hydrogens (tertiary/aromatic N) is 2. The van der Waals surface area contributed by atoms with Gasteiger partial charge in [-0.2, -0.15) is 0 Å². The Morgan fingerprint density at radius 1 is 1.27 bits per heavy atom. The van der Waals surface area contributed by atoms with Crippen LogP contribution in [0.15, 0.2) is 15.7 Å². The number of aromatic nitrogens is 3. The van der Waals surface area contributed by atoms with Crippen LogP contribution in [0.3, 0.4) is 0 Å². The van der Waals surface area contributed by atoms with E-state index in [9.17, 15) is 14.4 Å². The Morgan fingerprint density at radius 3 is 2.67 bits per heavy atom. The third kappa shape index (κ3) is 4.30. The number of H-pyrrole nitrogens is 1. The number of rotatable bonds is 6. The number of aromatic amines is 1. The molecule has 2 aliphatic carbocycles. The lowest BCUT2D eigenvalue weighted by molar-refractivity contribution is 0.0909. The van der Waals surface area contributed by atoms with Gasteiger partial charge in [0.05, 0.1) is 10.9 Å². The van der Waals surface area contributed by atoms with E-state index in [1.165, 1.54) is 4.57 Å². The van der Waals surface area contributed by atoms with Gasteiger partial charge in [0.1, 0.15) is 0 Å². The molecule has 2 saturated carbocycles. The van der Waals surface area contributed by atoms with Gasteiger partial charge in [-0.3, -0.25) is 19.1 Å². The summed E-state index contributed by atoms with van der Waals surface area (Å²) in [5, 5.41) is 3.32. The molecule has 4 N–H and O–H groups in total. The summed E-state index contributed by atoms with van der Waals surface area (Å²) in [4.78, 5) is 45.3. The molecule has 0 spiro atoms. The molecule has 2 aromatic heterocycles. The number of hydrogen-bond donors (Lipinski definition) is 3. The van der Waals surface area contributed by atoms with E-state index < -0.39 is 11.2 Å². The first-order valence-electron chi connectivity index (χ1n) is 10.7. The predicted molar refractivity (Wildman–Crippen MR) is 118 cm³/mol. The molecule has 2 atom stereocenters. The highest BCUT2D eigenvalue weighted by Gasteiger charge is 2.30. The van der Waals surface area contributed by atoms with Crippen LogP contribution in [0, 0.1) is 5.92 Å². The molecule has 0 bridgehead atoms. The molecule has 30 heavy (non-hydrogen) atoms. The van der Waals surface area contributed by atoms with E-state index in [1.54, 1.807) is 6.07 Å². The highest BCUT2D eigenvalue weighted by atomic mass is 35.5. The Labute approximate surface area is 181 Å². The molecule has 9 heteroatoms. The molecule has 2 aromatic rings. The van der Waals surface area contributed by atoms with Crippen molar-refractivity contribution in [1.29, 1.82) is 0 Å². The van der Waals surface area contributed by atoms with Crippen molar-refractivity contribution >= 4 is 29.3 Å². The van der Waals surface area contributed by atoms with E-state index in [2.05, 4.69) is 15.3 Å². The van der Waals surface area contributed by atoms with E-state index in [4.69, 9.17) is 5.73 Å². The average molecular weight is 436 g/mol. The highest BCUT2D eigenvalue weighted by molar-refractivity contribution is 6.05. The van der Waals surface area contributed by atoms with Crippen molar-refractivity contribution in [3.05, 3.63) is 38.2 Å². The first kappa shape index (κ1) is 22.5. The van der Waals surface area contributed by atoms with Gasteiger partial charge < -0.3 is 11.1 Å². The second-order valence-electron chi connectivity index (χ2n) is 8.34. The maximum absolute atomic E-state index is 13.3. The van der Waals surface area contributed by atoms with Gasteiger partial charge in [0, 0.05) is 24.2 Å². The molecule has 0 aliphatic heterocycles. The molecule has 164 valence electrons. The van der Waals surface area contributed by atoms with E-state index in [0.717, 1.165) is 50.6 Å². The lowest BCUT2D eigenvalue weighted by Crippen LogP contribution is -2.45. The van der Waals surface area contributed by atoms with E-state index >= 15 is 0 Å². The van der Waals surface area contributed by atoms with Gasteiger partial charge in [-0.25, -0.2) is 9.78 Å². The second kappa shape index (κ2) is 9.31. The third-order valence-electron chi connectivity index (χ3n) is 6.18. The number of carbonyl (C=O) groups is 1. The van der Waals surface area contributed by atoms with Crippen molar-refractivity contribution in [2.75, 3.05) is 6.54 Å². The topological polar surface area (TPSA) is 123 Å². The summed E-state index contributed by atoms with van der Waals surface area (Å²) >= 11 is 0. The van der Waals surface area contributed by atoms with Crippen molar-refractivity contribution < 1.29 is 4.79 Å². The summed E-state index contributed by atoms with van der Waals surface area (Å²) in [6, 6.07) is 1.75. The molecular formula is C21H30ClN5O3. The summed E-state index contributed by atoms with van der Waals surface area (Å²) < 4.78 is 1.47. The summed E-state index contributed by atoms with van der Waals surface area (Å²) in [7, 11) is 0. The van der Waals surface area contributed by atoms with Crippen LogP contribution in [0.2, 0.25) is 0 Å². The molecule has 0 radical (unpaired) electrons. The summed E-state index contributed by atoms with van der Waals surface area (Å²) in [6.07, 6.45) is 6.82. The molecule has 2 fully saturated rings. The van der Waals surface area contributed by atoms with Gasteiger partial charge in [-0.15, -0.1) is 12.4 Å². The zero-order valence-corrected chi connectivity index (χ0v) is 18.1. The van der Waals surface area contributed by atoms with Gasteiger partial charge >= 0.3 is 5.69 Å². The highest BCUT2D eigenvalue weighted by Crippen LogP contribution is 2.40. The summed E-state index contributed by atoms with van der Waals surface area (Å²) in [5.41, 5.74) is 6.28. The molecule has 1 amide bonds. The van der Waals surface area contributed by atoms with Crippen LogP contribution in [-0.4, -0.2) is 33.0 Å². The Bertz CT molecular complexity index is 1040. The molecule has 4 rings (SSSR count). The number of fused-ring (bicyclic) bond motifs is 1. The van der Waals surface area contributed by atoms with Crippen LogP contribution >= 0.6 is 12.4 Å². The van der Waals surface area contributed by atoms with Gasteiger partial charge in [-0.05, 0) is 50.6 Å². The van der Waals surface area contributed by atoms with Crippen LogP contribution in [-0.2, 0) is 6.54 Å². The quantitative estimate of drug-likeness (QED) is 0.640. The Morgan fingerprint density at radius 2 is 2.00 bits per heavy atom.